The van der Waals surface area contributed by atoms with Crippen LogP contribution in [0.3, 0.4) is 0 Å². The molecule has 1 unspecified atom stereocenters. The Labute approximate surface area is 75.1 Å². The Morgan fingerprint density at radius 1 is 1.42 bits per heavy atom. The molecule has 0 aromatic carbocycles. The van der Waals surface area contributed by atoms with Crippen molar-refractivity contribution in [3.8, 4) is 0 Å². The molecule has 0 amide bonds. The second-order valence-electron chi connectivity index (χ2n) is 2.84. The maximum absolute atomic E-state index is 8.49. The number of hydrogen-bond acceptors (Lipinski definition) is 3. The minimum Gasteiger partial charge on any atom is -0.394 e. The summed E-state index contributed by atoms with van der Waals surface area (Å²) >= 11 is 0. The van der Waals surface area contributed by atoms with Gasteiger partial charge in [-0.25, -0.2) is 0 Å². The summed E-state index contributed by atoms with van der Waals surface area (Å²) in [4.78, 5) is 0. The van der Waals surface area contributed by atoms with Gasteiger partial charge >= 0.3 is 0 Å². The number of rotatable bonds is 8. The van der Waals surface area contributed by atoms with Gasteiger partial charge in [-0.15, -0.1) is 0 Å². The molecule has 2 N–H and O–H groups in total. The molecule has 0 spiro atoms. The number of ether oxygens (including phenoxy) is 1. The molecule has 0 aliphatic heterocycles. The van der Waals surface area contributed by atoms with Crippen LogP contribution in [0, 0.1) is 0 Å². The van der Waals surface area contributed by atoms with Gasteiger partial charge in [0.25, 0.3) is 0 Å². The number of aliphatic hydroxyl groups is 1. The van der Waals surface area contributed by atoms with Crippen LogP contribution < -0.4 is 5.32 Å². The fourth-order valence-electron chi connectivity index (χ4n) is 1.17. The van der Waals surface area contributed by atoms with Crippen LogP contribution in [0.5, 0.6) is 0 Å². The molecular formula is C9H21NO2. The fraction of sp³-hybridized carbons (Fsp3) is 1.00. The van der Waals surface area contributed by atoms with Crippen LogP contribution in [0.15, 0.2) is 0 Å². The highest BCUT2D eigenvalue weighted by Crippen LogP contribution is 1.96. The van der Waals surface area contributed by atoms with Crippen molar-refractivity contribution < 1.29 is 9.84 Å². The van der Waals surface area contributed by atoms with Crippen LogP contribution in [-0.2, 0) is 4.74 Å². The van der Waals surface area contributed by atoms with Crippen LogP contribution in [0.4, 0.5) is 0 Å². The van der Waals surface area contributed by atoms with E-state index >= 15 is 0 Å². The Balaban J connectivity index is 3.34. The van der Waals surface area contributed by atoms with Crippen molar-refractivity contribution in [3.05, 3.63) is 0 Å². The highest BCUT2D eigenvalue weighted by atomic mass is 16.5. The first-order valence-corrected chi connectivity index (χ1v) is 4.77. The van der Waals surface area contributed by atoms with Gasteiger partial charge in [0, 0.05) is 6.04 Å². The summed E-state index contributed by atoms with van der Waals surface area (Å²) in [5, 5.41) is 11.8. The minimum absolute atomic E-state index is 0.116. The summed E-state index contributed by atoms with van der Waals surface area (Å²) < 4.78 is 5.24. The van der Waals surface area contributed by atoms with Crippen molar-refractivity contribution in [1.82, 2.24) is 5.32 Å². The van der Waals surface area contributed by atoms with Gasteiger partial charge in [-0.3, -0.25) is 0 Å². The maximum atomic E-state index is 8.49. The molecule has 1 atom stereocenters. The summed E-state index contributed by atoms with van der Waals surface area (Å²) in [5.41, 5.74) is 0. The van der Waals surface area contributed by atoms with E-state index in [0.29, 0.717) is 19.3 Å². The molecule has 0 saturated carbocycles. The first-order chi connectivity index (χ1) is 5.85. The largest absolute Gasteiger partial charge is 0.394 e. The lowest BCUT2D eigenvalue weighted by Gasteiger charge is -2.16. The van der Waals surface area contributed by atoms with E-state index in [1.165, 1.54) is 6.42 Å². The second kappa shape index (κ2) is 8.97. The summed E-state index contributed by atoms with van der Waals surface area (Å²) in [6.07, 6.45) is 2.30. The Hall–Kier alpha value is -0.120. The smallest absolute Gasteiger partial charge is 0.0698 e. The lowest BCUT2D eigenvalue weighted by atomic mass is 10.2. The van der Waals surface area contributed by atoms with Crippen LogP contribution >= 0.6 is 0 Å². The number of nitrogens with one attached hydrogen (secondary N) is 1. The lowest BCUT2D eigenvalue weighted by Crippen LogP contribution is -2.33. The third-order valence-electron chi connectivity index (χ3n) is 1.68. The van der Waals surface area contributed by atoms with Crippen molar-refractivity contribution >= 4 is 0 Å². The van der Waals surface area contributed by atoms with Gasteiger partial charge in [-0.2, -0.15) is 0 Å². The molecule has 0 aromatic rings. The number of hydrogen-bond donors (Lipinski definition) is 2. The summed E-state index contributed by atoms with van der Waals surface area (Å²) in [6, 6.07) is 0.451. The Bertz CT molecular complexity index is 82.6. The van der Waals surface area contributed by atoms with Crippen LogP contribution in [0.2, 0.25) is 0 Å². The van der Waals surface area contributed by atoms with Gasteiger partial charge < -0.3 is 15.2 Å². The zero-order chi connectivity index (χ0) is 9.23. The van der Waals surface area contributed by atoms with Crippen molar-refractivity contribution in [1.29, 1.82) is 0 Å². The van der Waals surface area contributed by atoms with Crippen molar-refractivity contribution in [2.24, 2.45) is 0 Å². The van der Waals surface area contributed by atoms with Crippen molar-refractivity contribution in [2.75, 3.05) is 26.4 Å². The van der Waals surface area contributed by atoms with E-state index in [-0.39, 0.29) is 6.61 Å². The quantitative estimate of drug-likeness (QED) is 0.535. The van der Waals surface area contributed by atoms with Gasteiger partial charge in [0.2, 0.25) is 0 Å². The average molecular weight is 175 g/mol. The molecule has 0 rings (SSSR count). The lowest BCUT2D eigenvalue weighted by molar-refractivity contribution is 0.0753. The van der Waals surface area contributed by atoms with Gasteiger partial charge in [-0.05, 0) is 13.0 Å². The van der Waals surface area contributed by atoms with E-state index in [0.717, 1.165) is 13.0 Å². The molecule has 74 valence electrons. The molecule has 3 nitrogen and oxygen atoms in total. The first-order valence-electron chi connectivity index (χ1n) is 4.77. The summed E-state index contributed by atoms with van der Waals surface area (Å²) in [7, 11) is 0. The molecule has 3 heteroatoms. The van der Waals surface area contributed by atoms with Crippen LogP contribution in [-0.4, -0.2) is 37.5 Å². The van der Waals surface area contributed by atoms with Gasteiger partial charge in [0.1, 0.15) is 0 Å². The normalized spacial score (nSPS) is 13.2. The zero-order valence-electron chi connectivity index (χ0n) is 8.18. The third kappa shape index (κ3) is 6.58. The highest BCUT2D eigenvalue weighted by Gasteiger charge is 2.04. The average Bonchev–Trinajstić information content (AvgIpc) is 2.06. The Morgan fingerprint density at radius 2 is 2.17 bits per heavy atom. The first kappa shape index (κ1) is 11.9. The highest BCUT2D eigenvalue weighted by molar-refractivity contribution is 4.63. The minimum atomic E-state index is 0.116. The van der Waals surface area contributed by atoms with Crippen molar-refractivity contribution in [2.45, 2.75) is 32.7 Å². The van der Waals surface area contributed by atoms with Crippen LogP contribution in [0.25, 0.3) is 0 Å². The summed E-state index contributed by atoms with van der Waals surface area (Å²) in [6.45, 7) is 6.51. The molecule has 0 radical (unpaired) electrons. The molecule has 0 bridgehead atoms. The maximum Gasteiger partial charge on any atom is 0.0698 e. The van der Waals surface area contributed by atoms with E-state index in [4.69, 9.17) is 9.84 Å². The van der Waals surface area contributed by atoms with Gasteiger partial charge in [0.05, 0.1) is 19.8 Å². The second-order valence-corrected chi connectivity index (χ2v) is 2.84. The monoisotopic (exact) mass is 175 g/mol. The standard InChI is InChI=1S/C9H21NO2/c1-3-5-9(10-4-2)8-12-7-6-11/h9-11H,3-8H2,1-2H3. The van der Waals surface area contributed by atoms with E-state index in [9.17, 15) is 0 Å². The molecule has 0 aliphatic carbocycles. The van der Waals surface area contributed by atoms with Crippen LogP contribution in [0.1, 0.15) is 26.7 Å². The van der Waals surface area contributed by atoms with E-state index in [1.807, 2.05) is 0 Å². The molecule has 0 heterocycles. The zero-order valence-corrected chi connectivity index (χ0v) is 8.18. The Kier molecular flexibility index (Phi) is 8.88. The van der Waals surface area contributed by atoms with E-state index < -0.39 is 0 Å². The molecule has 12 heavy (non-hydrogen) atoms. The molecule has 0 aliphatic rings. The molecule has 0 aromatic heterocycles. The topological polar surface area (TPSA) is 41.5 Å². The predicted octanol–water partition coefficient (Wildman–Crippen LogP) is 0.773. The fourth-order valence-corrected chi connectivity index (χ4v) is 1.17. The summed E-state index contributed by atoms with van der Waals surface area (Å²) in [5.74, 6) is 0. The van der Waals surface area contributed by atoms with Crippen molar-refractivity contribution in [3.63, 3.8) is 0 Å². The number of aliphatic hydroxyl groups excluding tert-OH is 1. The Morgan fingerprint density at radius 3 is 2.67 bits per heavy atom. The molecule has 0 saturated heterocycles. The van der Waals surface area contributed by atoms with E-state index in [2.05, 4.69) is 19.2 Å². The molecule has 0 fully saturated rings. The molecular weight excluding hydrogens is 154 g/mol. The van der Waals surface area contributed by atoms with Gasteiger partial charge in [-0.1, -0.05) is 20.3 Å². The SMILES string of the molecule is CCCC(COCCO)NCC. The van der Waals surface area contributed by atoms with E-state index in [1.54, 1.807) is 0 Å². The van der Waals surface area contributed by atoms with Gasteiger partial charge in [0.15, 0.2) is 0 Å². The number of likely N-dealkylation sites (N-methyl/N-ethyl adjacent to an activating group) is 1. The third-order valence-corrected chi connectivity index (χ3v) is 1.68. The predicted molar refractivity (Wildman–Crippen MR) is 50.3 cm³/mol.